The average molecular weight is 322 g/mol. The number of aromatic amines is 1. The summed E-state index contributed by atoms with van der Waals surface area (Å²) in [4.78, 5) is 15.2. The van der Waals surface area contributed by atoms with E-state index in [2.05, 4.69) is 10.3 Å². The van der Waals surface area contributed by atoms with Crippen LogP contribution in [-0.4, -0.2) is 25.6 Å². The third-order valence-corrected chi connectivity index (χ3v) is 4.57. The summed E-state index contributed by atoms with van der Waals surface area (Å²) < 4.78 is 23.7. The first-order chi connectivity index (χ1) is 9.80. The zero-order valence-electron chi connectivity index (χ0n) is 11.5. The first-order valence-corrected chi connectivity index (χ1v) is 8.39. The van der Waals surface area contributed by atoms with E-state index < -0.39 is 9.84 Å². The fraction of sp³-hybridized carbons (Fsp3) is 0.143. The van der Waals surface area contributed by atoms with Gasteiger partial charge in [0.15, 0.2) is 9.84 Å². The van der Waals surface area contributed by atoms with Crippen LogP contribution in [0.4, 0.5) is 5.69 Å². The molecular weight excluding hydrogens is 308 g/mol. The molecule has 1 amide bonds. The Labute approximate surface area is 127 Å². The molecule has 0 aliphatic heterocycles. The van der Waals surface area contributed by atoms with Crippen molar-refractivity contribution in [2.24, 2.45) is 0 Å². The lowest BCUT2D eigenvalue weighted by Gasteiger charge is -2.11. The molecule has 0 bridgehead atoms. The predicted molar refractivity (Wildman–Crippen MR) is 83.9 cm³/mol. The second kappa shape index (κ2) is 5.79. The molecule has 0 saturated carbocycles. The molecule has 5 nitrogen and oxygen atoms in total. The Morgan fingerprint density at radius 3 is 2.57 bits per heavy atom. The van der Waals surface area contributed by atoms with Crippen molar-refractivity contribution in [2.45, 2.75) is 11.8 Å². The molecule has 0 aliphatic rings. The SMILES string of the molecule is Cc1c(NC(=O)c2ccc[nH]c2=S)cccc1S(C)(=O)=O. The second-order valence-electron chi connectivity index (χ2n) is 4.57. The third-order valence-electron chi connectivity index (χ3n) is 2.99. The van der Waals surface area contributed by atoms with Gasteiger partial charge in [-0.05, 0) is 36.8 Å². The number of aromatic nitrogens is 1. The molecule has 2 N–H and O–H groups in total. The van der Waals surface area contributed by atoms with Gasteiger partial charge in [-0.25, -0.2) is 8.42 Å². The van der Waals surface area contributed by atoms with Crippen LogP contribution in [0.15, 0.2) is 41.4 Å². The standard InChI is InChI=1S/C14H14N2O3S2/c1-9-11(6-3-7-12(9)21(2,18)19)16-13(17)10-5-4-8-15-14(10)20/h3-8H,1-2H3,(H,15,20)(H,16,17). The van der Waals surface area contributed by atoms with Crippen LogP contribution in [0.1, 0.15) is 15.9 Å². The summed E-state index contributed by atoms with van der Waals surface area (Å²) in [5.41, 5.74) is 1.28. The fourth-order valence-electron chi connectivity index (χ4n) is 1.94. The highest BCUT2D eigenvalue weighted by molar-refractivity contribution is 7.90. The summed E-state index contributed by atoms with van der Waals surface area (Å²) in [6.07, 6.45) is 2.77. The highest BCUT2D eigenvalue weighted by Crippen LogP contribution is 2.23. The van der Waals surface area contributed by atoms with Crippen LogP contribution < -0.4 is 5.32 Å². The molecule has 0 atom stereocenters. The van der Waals surface area contributed by atoms with Crippen LogP contribution in [0, 0.1) is 11.6 Å². The van der Waals surface area contributed by atoms with Crippen molar-refractivity contribution >= 4 is 33.6 Å². The molecule has 21 heavy (non-hydrogen) atoms. The van der Waals surface area contributed by atoms with Crippen molar-refractivity contribution in [1.82, 2.24) is 4.98 Å². The summed E-state index contributed by atoms with van der Waals surface area (Å²) in [5, 5.41) is 2.69. The largest absolute Gasteiger partial charge is 0.352 e. The highest BCUT2D eigenvalue weighted by atomic mass is 32.2. The zero-order chi connectivity index (χ0) is 15.6. The lowest BCUT2D eigenvalue weighted by atomic mass is 10.2. The number of hydrogen-bond donors (Lipinski definition) is 2. The van der Waals surface area contributed by atoms with Gasteiger partial charge in [0.25, 0.3) is 5.91 Å². The van der Waals surface area contributed by atoms with Crippen LogP contribution in [0.2, 0.25) is 0 Å². The quantitative estimate of drug-likeness (QED) is 0.852. The van der Waals surface area contributed by atoms with Gasteiger partial charge in [-0.2, -0.15) is 0 Å². The van der Waals surface area contributed by atoms with Crippen molar-refractivity contribution in [2.75, 3.05) is 11.6 Å². The summed E-state index contributed by atoms with van der Waals surface area (Å²) in [6.45, 7) is 1.65. The van der Waals surface area contributed by atoms with Crippen LogP contribution in [0.5, 0.6) is 0 Å². The number of carbonyl (C=O) groups is 1. The van der Waals surface area contributed by atoms with Crippen LogP contribution in [-0.2, 0) is 9.84 Å². The number of nitrogens with one attached hydrogen (secondary N) is 2. The topological polar surface area (TPSA) is 79.0 Å². The van der Waals surface area contributed by atoms with Crippen LogP contribution >= 0.6 is 12.2 Å². The predicted octanol–water partition coefficient (Wildman–Crippen LogP) is 2.71. The fourth-order valence-corrected chi connectivity index (χ4v) is 3.16. The molecular formula is C14H14N2O3S2. The molecule has 0 unspecified atom stereocenters. The Bertz CT molecular complexity index is 855. The molecule has 0 aliphatic carbocycles. The number of anilines is 1. The minimum absolute atomic E-state index is 0.193. The molecule has 110 valence electrons. The van der Waals surface area contributed by atoms with Crippen LogP contribution in [0.3, 0.4) is 0 Å². The minimum atomic E-state index is -3.34. The van der Waals surface area contributed by atoms with Gasteiger partial charge >= 0.3 is 0 Å². The van der Waals surface area contributed by atoms with E-state index in [0.29, 0.717) is 21.5 Å². The monoisotopic (exact) mass is 322 g/mol. The Morgan fingerprint density at radius 1 is 1.24 bits per heavy atom. The summed E-state index contributed by atoms with van der Waals surface area (Å²) in [5.74, 6) is -0.384. The first-order valence-electron chi connectivity index (χ1n) is 6.09. The maximum absolute atomic E-state index is 12.2. The molecule has 1 aromatic heterocycles. The van der Waals surface area contributed by atoms with E-state index in [1.54, 1.807) is 37.4 Å². The Hall–Kier alpha value is -1.99. The molecule has 0 saturated heterocycles. The Morgan fingerprint density at radius 2 is 1.95 bits per heavy atom. The number of benzene rings is 1. The zero-order valence-corrected chi connectivity index (χ0v) is 13.1. The normalized spacial score (nSPS) is 11.1. The summed E-state index contributed by atoms with van der Waals surface area (Å²) >= 11 is 5.05. The van der Waals surface area contributed by atoms with E-state index in [9.17, 15) is 13.2 Å². The number of hydrogen-bond acceptors (Lipinski definition) is 4. The number of pyridine rings is 1. The lowest BCUT2D eigenvalue weighted by molar-refractivity contribution is 0.102. The molecule has 2 aromatic rings. The smallest absolute Gasteiger partial charge is 0.258 e. The average Bonchev–Trinajstić information content (AvgIpc) is 2.40. The second-order valence-corrected chi connectivity index (χ2v) is 6.96. The van der Waals surface area contributed by atoms with E-state index in [4.69, 9.17) is 12.2 Å². The Kier molecular flexibility index (Phi) is 4.24. The van der Waals surface area contributed by atoms with Gasteiger partial charge in [0.1, 0.15) is 4.64 Å². The van der Waals surface area contributed by atoms with E-state index in [1.165, 1.54) is 6.07 Å². The lowest BCUT2D eigenvalue weighted by Crippen LogP contribution is -2.14. The van der Waals surface area contributed by atoms with Crippen molar-refractivity contribution in [3.63, 3.8) is 0 Å². The highest BCUT2D eigenvalue weighted by Gasteiger charge is 2.15. The van der Waals surface area contributed by atoms with Crippen LogP contribution in [0.25, 0.3) is 0 Å². The maximum Gasteiger partial charge on any atom is 0.258 e. The van der Waals surface area contributed by atoms with Gasteiger partial charge in [0.05, 0.1) is 10.5 Å². The van der Waals surface area contributed by atoms with Gasteiger partial charge in [0, 0.05) is 18.1 Å². The molecule has 0 radical (unpaired) electrons. The Balaban J connectivity index is 2.40. The van der Waals surface area contributed by atoms with Crippen molar-refractivity contribution in [3.05, 3.63) is 52.3 Å². The van der Waals surface area contributed by atoms with E-state index >= 15 is 0 Å². The van der Waals surface area contributed by atoms with Crippen molar-refractivity contribution < 1.29 is 13.2 Å². The molecule has 0 fully saturated rings. The van der Waals surface area contributed by atoms with Crippen molar-refractivity contribution in [1.29, 1.82) is 0 Å². The summed E-state index contributed by atoms with van der Waals surface area (Å²) in [7, 11) is -3.34. The van der Waals surface area contributed by atoms with E-state index in [-0.39, 0.29) is 10.8 Å². The molecule has 0 spiro atoms. The molecule has 1 heterocycles. The van der Waals surface area contributed by atoms with Gasteiger partial charge in [0.2, 0.25) is 0 Å². The third kappa shape index (κ3) is 3.37. The number of rotatable bonds is 3. The molecule has 2 rings (SSSR count). The van der Waals surface area contributed by atoms with Gasteiger partial charge in [-0.1, -0.05) is 18.3 Å². The number of sulfone groups is 1. The number of amides is 1. The number of carbonyl (C=O) groups excluding carboxylic acids is 1. The summed E-state index contributed by atoms with van der Waals surface area (Å²) in [6, 6.07) is 8.02. The van der Waals surface area contributed by atoms with Crippen molar-refractivity contribution in [3.8, 4) is 0 Å². The van der Waals surface area contributed by atoms with E-state index in [0.717, 1.165) is 6.26 Å². The first kappa shape index (κ1) is 15.4. The number of H-pyrrole nitrogens is 1. The minimum Gasteiger partial charge on any atom is -0.352 e. The maximum atomic E-state index is 12.2. The van der Waals surface area contributed by atoms with E-state index in [1.807, 2.05) is 0 Å². The molecule has 7 heteroatoms. The van der Waals surface area contributed by atoms with Gasteiger partial charge < -0.3 is 10.3 Å². The van der Waals surface area contributed by atoms with Gasteiger partial charge in [-0.3, -0.25) is 4.79 Å². The molecule has 1 aromatic carbocycles. The van der Waals surface area contributed by atoms with Gasteiger partial charge in [-0.15, -0.1) is 0 Å².